The fourth-order valence-corrected chi connectivity index (χ4v) is 2.66. The Bertz CT molecular complexity index is 430. The van der Waals surface area contributed by atoms with Crippen LogP contribution in [0.5, 0.6) is 0 Å². The molecule has 1 aromatic heterocycles. The maximum atomic E-state index is 10.8. The highest BCUT2D eigenvalue weighted by Gasteiger charge is 2.23. The Hall–Kier alpha value is -1.33. The van der Waals surface area contributed by atoms with E-state index in [0.717, 1.165) is 38.2 Å². The number of aromatic carboxylic acids is 1. The molecule has 5 heteroatoms. The van der Waals surface area contributed by atoms with Crippen LogP contribution in [-0.2, 0) is 6.54 Å². The summed E-state index contributed by atoms with van der Waals surface area (Å²) in [5.41, 5.74) is 0.231. The molecular weight excluding hydrogens is 244 g/mol. The fraction of sp³-hybridized carbons (Fsp3) is 0.643. The molecule has 0 spiro atoms. The minimum absolute atomic E-state index is 0.231. The van der Waals surface area contributed by atoms with E-state index in [9.17, 15) is 4.79 Å². The Labute approximate surface area is 113 Å². The first-order chi connectivity index (χ1) is 9.10. The third-order valence-electron chi connectivity index (χ3n) is 3.75. The summed E-state index contributed by atoms with van der Waals surface area (Å²) in [6.07, 6.45) is 3.55. The van der Waals surface area contributed by atoms with Crippen LogP contribution in [0.3, 0.4) is 0 Å². The first-order valence-electron chi connectivity index (χ1n) is 6.83. The van der Waals surface area contributed by atoms with Gasteiger partial charge in [0, 0.05) is 19.1 Å². The Kier molecular flexibility index (Phi) is 4.61. The van der Waals surface area contributed by atoms with Crippen molar-refractivity contribution in [2.75, 3.05) is 26.7 Å². The number of hydrogen-bond acceptors (Lipinski definition) is 4. The van der Waals surface area contributed by atoms with Gasteiger partial charge in [-0.05, 0) is 32.5 Å². The van der Waals surface area contributed by atoms with Crippen LogP contribution in [0.25, 0.3) is 0 Å². The van der Waals surface area contributed by atoms with Gasteiger partial charge in [-0.25, -0.2) is 4.79 Å². The summed E-state index contributed by atoms with van der Waals surface area (Å²) in [7, 11) is 2.15. The third-order valence-corrected chi connectivity index (χ3v) is 3.75. The lowest BCUT2D eigenvalue weighted by atomic mass is 10.1. The van der Waals surface area contributed by atoms with Crippen molar-refractivity contribution in [2.24, 2.45) is 0 Å². The summed E-state index contributed by atoms with van der Waals surface area (Å²) in [6, 6.07) is 2.13. The summed E-state index contributed by atoms with van der Waals surface area (Å²) < 4.78 is 5.35. The quantitative estimate of drug-likeness (QED) is 0.902. The molecule has 1 aromatic rings. The van der Waals surface area contributed by atoms with E-state index in [0.29, 0.717) is 12.6 Å². The zero-order valence-electron chi connectivity index (χ0n) is 11.6. The van der Waals surface area contributed by atoms with Crippen molar-refractivity contribution < 1.29 is 14.3 Å². The highest BCUT2D eigenvalue weighted by Crippen LogP contribution is 2.17. The van der Waals surface area contributed by atoms with Gasteiger partial charge in [-0.1, -0.05) is 6.92 Å². The van der Waals surface area contributed by atoms with Crippen molar-refractivity contribution in [3.05, 3.63) is 23.7 Å². The molecule has 2 rings (SSSR count). The van der Waals surface area contributed by atoms with E-state index in [-0.39, 0.29) is 5.56 Å². The largest absolute Gasteiger partial charge is 0.478 e. The van der Waals surface area contributed by atoms with Gasteiger partial charge in [0.05, 0.1) is 12.1 Å². The fourth-order valence-electron chi connectivity index (χ4n) is 2.66. The van der Waals surface area contributed by atoms with Crippen LogP contribution in [0.1, 0.15) is 35.9 Å². The first kappa shape index (κ1) is 14.1. The molecule has 1 N–H and O–H groups in total. The van der Waals surface area contributed by atoms with Gasteiger partial charge >= 0.3 is 5.97 Å². The minimum atomic E-state index is -0.933. The molecule has 0 bridgehead atoms. The summed E-state index contributed by atoms with van der Waals surface area (Å²) in [5.74, 6) is -0.196. The zero-order valence-corrected chi connectivity index (χ0v) is 11.6. The molecule has 0 radical (unpaired) electrons. The number of carboxylic acids is 1. The van der Waals surface area contributed by atoms with Gasteiger partial charge in [0.25, 0.3) is 0 Å². The van der Waals surface area contributed by atoms with Crippen LogP contribution < -0.4 is 0 Å². The second-order valence-corrected chi connectivity index (χ2v) is 5.26. The van der Waals surface area contributed by atoms with Gasteiger partial charge < -0.3 is 14.4 Å². The van der Waals surface area contributed by atoms with Crippen molar-refractivity contribution in [3.63, 3.8) is 0 Å². The first-order valence-corrected chi connectivity index (χ1v) is 6.83. The predicted molar refractivity (Wildman–Crippen MR) is 72.3 cm³/mol. The Morgan fingerprint density at radius 3 is 2.95 bits per heavy atom. The standard InChI is InChI=1S/C14H22N2O3/c1-3-12-8-15(2)5-4-6-16(12)9-13-7-11(10-19-13)14(17)18/h7,10,12H,3-6,8-9H2,1-2H3,(H,17,18). The topological polar surface area (TPSA) is 56.9 Å². The van der Waals surface area contributed by atoms with Crippen molar-refractivity contribution in [3.8, 4) is 0 Å². The Morgan fingerprint density at radius 2 is 2.32 bits per heavy atom. The predicted octanol–water partition coefficient (Wildman–Crippen LogP) is 1.89. The molecule has 1 aliphatic rings. The number of hydrogen-bond donors (Lipinski definition) is 1. The summed E-state index contributed by atoms with van der Waals surface area (Å²) >= 11 is 0. The molecule has 0 aromatic carbocycles. The molecule has 106 valence electrons. The molecule has 0 saturated carbocycles. The second-order valence-electron chi connectivity index (χ2n) is 5.26. The molecular formula is C14H22N2O3. The minimum Gasteiger partial charge on any atom is -0.478 e. The lowest BCUT2D eigenvalue weighted by Gasteiger charge is -2.29. The van der Waals surface area contributed by atoms with E-state index in [2.05, 4.69) is 23.8 Å². The van der Waals surface area contributed by atoms with Crippen LogP contribution in [0.4, 0.5) is 0 Å². The van der Waals surface area contributed by atoms with E-state index in [1.807, 2.05) is 0 Å². The number of carboxylic acid groups (broad SMARTS) is 1. The van der Waals surface area contributed by atoms with Gasteiger partial charge in [0.2, 0.25) is 0 Å². The Balaban J connectivity index is 2.04. The van der Waals surface area contributed by atoms with E-state index in [1.165, 1.54) is 6.26 Å². The second kappa shape index (κ2) is 6.21. The van der Waals surface area contributed by atoms with Crippen molar-refractivity contribution >= 4 is 5.97 Å². The number of likely N-dealkylation sites (N-methyl/N-ethyl adjacent to an activating group) is 1. The van der Waals surface area contributed by atoms with Gasteiger partial charge in [-0.3, -0.25) is 4.90 Å². The molecule has 1 saturated heterocycles. The molecule has 0 amide bonds. The van der Waals surface area contributed by atoms with E-state index in [4.69, 9.17) is 9.52 Å². The van der Waals surface area contributed by atoms with Crippen LogP contribution >= 0.6 is 0 Å². The van der Waals surface area contributed by atoms with Gasteiger partial charge in [0.15, 0.2) is 0 Å². The smallest absolute Gasteiger partial charge is 0.338 e. The molecule has 1 unspecified atom stereocenters. The van der Waals surface area contributed by atoms with Crippen LogP contribution in [0.2, 0.25) is 0 Å². The van der Waals surface area contributed by atoms with E-state index >= 15 is 0 Å². The third kappa shape index (κ3) is 3.58. The average molecular weight is 266 g/mol. The maximum absolute atomic E-state index is 10.8. The molecule has 19 heavy (non-hydrogen) atoms. The number of nitrogens with zero attached hydrogens (tertiary/aromatic N) is 2. The van der Waals surface area contributed by atoms with Crippen molar-refractivity contribution in [2.45, 2.75) is 32.4 Å². The molecule has 1 fully saturated rings. The van der Waals surface area contributed by atoms with Crippen LogP contribution in [-0.4, -0.2) is 53.6 Å². The maximum Gasteiger partial charge on any atom is 0.338 e. The van der Waals surface area contributed by atoms with Gasteiger partial charge in [0.1, 0.15) is 12.0 Å². The SMILES string of the molecule is CCC1CN(C)CCCN1Cc1cc(C(=O)O)co1. The zero-order chi connectivity index (χ0) is 13.8. The van der Waals surface area contributed by atoms with Gasteiger partial charge in [-0.2, -0.15) is 0 Å². The number of carbonyl (C=O) groups is 1. The Morgan fingerprint density at radius 1 is 1.53 bits per heavy atom. The summed E-state index contributed by atoms with van der Waals surface area (Å²) in [6.45, 7) is 6.10. The van der Waals surface area contributed by atoms with Crippen LogP contribution in [0.15, 0.2) is 16.7 Å². The summed E-state index contributed by atoms with van der Waals surface area (Å²) in [5, 5.41) is 8.90. The van der Waals surface area contributed by atoms with Gasteiger partial charge in [-0.15, -0.1) is 0 Å². The lowest BCUT2D eigenvalue weighted by Crippen LogP contribution is -2.39. The van der Waals surface area contributed by atoms with Crippen molar-refractivity contribution in [1.29, 1.82) is 0 Å². The van der Waals surface area contributed by atoms with E-state index < -0.39 is 5.97 Å². The summed E-state index contributed by atoms with van der Waals surface area (Å²) in [4.78, 5) is 15.6. The monoisotopic (exact) mass is 266 g/mol. The normalized spacial score (nSPS) is 22.3. The number of rotatable bonds is 4. The molecule has 2 heterocycles. The lowest BCUT2D eigenvalue weighted by molar-refractivity contribution is 0.0696. The van der Waals surface area contributed by atoms with E-state index in [1.54, 1.807) is 6.07 Å². The highest BCUT2D eigenvalue weighted by atomic mass is 16.4. The molecule has 1 aliphatic heterocycles. The molecule has 1 atom stereocenters. The van der Waals surface area contributed by atoms with Crippen LogP contribution in [0, 0.1) is 0 Å². The van der Waals surface area contributed by atoms with Crippen molar-refractivity contribution in [1.82, 2.24) is 9.80 Å². The number of furan rings is 1. The molecule has 0 aliphatic carbocycles. The molecule has 5 nitrogen and oxygen atoms in total. The highest BCUT2D eigenvalue weighted by molar-refractivity contribution is 5.87. The average Bonchev–Trinajstić information content (AvgIpc) is 2.76.